The molecule has 0 aliphatic heterocycles. The van der Waals surface area contributed by atoms with Gasteiger partial charge >= 0.3 is 0 Å². The van der Waals surface area contributed by atoms with Crippen LogP contribution in [0.15, 0.2) is 53.6 Å². The van der Waals surface area contributed by atoms with Crippen molar-refractivity contribution in [3.8, 4) is 17.1 Å². The fourth-order valence-electron chi connectivity index (χ4n) is 1.78. The number of nitrogens with one attached hydrogen (secondary N) is 2. The lowest BCUT2D eigenvalue weighted by atomic mass is 10.2. The lowest BCUT2D eigenvalue weighted by molar-refractivity contribution is 0.474. The first-order valence-electron chi connectivity index (χ1n) is 6.24. The van der Waals surface area contributed by atoms with Crippen LogP contribution in [0.1, 0.15) is 5.56 Å². The van der Waals surface area contributed by atoms with E-state index in [0.717, 1.165) is 11.3 Å². The Morgan fingerprint density at radius 2 is 2.05 bits per heavy atom. The molecule has 3 N–H and O–H groups in total. The molecule has 1 heterocycles. The van der Waals surface area contributed by atoms with Crippen LogP contribution in [0.4, 0.5) is 5.69 Å². The zero-order valence-corrected chi connectivity index (χ0v) is 10.9. The Hall–Kier alpha value is -3.22. The molecule has 0 spiro atoms. The zero-order chi connectivity index (χ0) is 14.5. The first-order valence-corrected chi connectivity index (χ1v) is 6.24. The molecule has 104 valence electrons. The SMILES string of the molecule is Oc1ccccc1/C=N\Nc1cccc(-c2nn[nH]n2)c1. The van der Waals surface area contributed by atoms with E-state index in [1.165, 1.54) is 0 Å². The van der Waals surface area contributed by atoms with Crippen LogP contribution in [0, 0.1) is 0 Å². The van der Waals surface area contributed by atoms with E-state index in [9.17, 15) is 5.11 Å². The predicted octanol–water partition coefficient (Wildman–Crippen LogP) is 2.02. The van der Waals surface area contributed by atoms with E-state index in [4.69, 9.17) is 0 Å². The van der Waals surface area contributed by atoms with Gasteiger partial charge in [0, 0.05) is 11.1 Å². The van der Waals surface area contributed by atoms with E-state index in [-0.39, 0.29) is 5.75 Å². The average molecular weight is 280 g/mol. The largest absolute Gasteiger partial charge is 0.507 e. The predicted molar refractivity (Wildman–Crippen MR) is 78.9 cm³/mol. The van der Waals surface area contributed by atoms with Gasteiger partial charge in [0.05, 0.1) is 11.9 Å². The van der Waals surface area contributed by atoms with Crippen LogP contribution in [-0.2, 0) is 0 Å². The molecule has 0 amide bonds. The van der Waals surface area contributed by atoms with E-state index in [0.29, 0.717) is 11.4 Å². The number of phenolic OH excluding ortho intramolecular Hbond substituents is 1. The lowest BCUT2D eigenvalue weighted by Gasteiger charge is -2.02. The fraction of sp³-hybridized carbons (Fsp3) is 0. The van der Waals surface area contributed by atoms with Gasteiger partial charge in [-0.15, -0.1) is 10.2 Å². The third-order valence-corrected chi connectivity index (χ3v) is 2.80. The first-order chi connectivity index (χ1) is 10.3. The summed E-state index contributed by atoms with van der Waals surface area (Å²) < 4.78 is 0. The molecular formula is C14H12N6O. The second kappa shape index (κ2) is 5.83. The number of aromatic nitrogens is 4. The molecule has 1 aromatic heterocycles. The van der Waals surface area contributed by atoms with Gasteiger partial charge in [-0.1, -0.05) is 24.3 Å². The molecule has 7 heteroatoms. The van der Waals surface area contributed by atoms with E-state index in [1.807, 2.05) is 30.3 Å². The number of phenols is 1. The third-order valence-electron chi connectivity index (χ3n) is 2.80. The van der Waals surface area contributed by atoms with Gasteiger partial charge in [0.1, 0.15) is 5.75 Å². The van der Waals surface area contributed by atoms with Gasteiger partial charge in [0.2, 0.25) is 5.82 Å². The number of aromatic hydroxyl groups is 1. The Morgan fingerprint density at radius 3 is 2.86 bits per heavy atom. The highest BCUT2D eigenvalue weighted by molar-refractivity contribution is 5.83. The van der Waals surface area contributed by atoms with E-state index < -0.39 is 0 Å². The molecule has 0 bridgehead atoms. The van der Waals surface area contributed by atoms with E-state index in [2.05, 4.69) is 31.2 Å². The fourth-order valence-corrected chi connectivity index (χ4v) is 1.78. The monoisotopic (exact) mass is 280 g/mol. The lowest BCUT2D eigenvalue weighted by Crippen LogP contribution is -1.91. The van der Waals surface area contributed by atoms with Gasteiger partial charge in [0.25, 0.3) is 0 Å². The van der Waals surface area contributed by atoms with Crippen molar-refractivity contribution in [2.75, 3.05) is 5.43 Å². The maximum absolute atomic E-state index is 9.63. The van der Waals surface area contributed by atoms with Crippen LogP contribution >= 0.6 is 0 Å². The van der Waals surface area contributed by atoms with Crippen LogP contribution in [0.25, 0.3) is 11.4 Å². The smallest absolute Gasteiger partial charge is 0.204 e. The number of aromatic amines is 1. The molecule has 0 atom stereocenters. The van der Waals surface area contributed by atoms with Crippen molar-refractivity contribution in [3.63, 3.8) is 0 Å². The number of anilines is 1. The Labute approximate surface area is 120 Å². The highest BCUT2D eigenvalue weighted by atomic mass is 16.3. The van der Waals surface area contributed by atoms with Crippen LogP contribution in [0.3, 0.4) is 0 Å². The van der Waals surface area contributed by atoms with Crippen molar-refractivity contribution in [2.24, 2.45) is 5.10 Å². The third kappa shape index (κ3) is 3.03. The number of rotatable bonds is 4. The summed E-state index contributed by atoms with van der Waals surface area (Å²) in [6.07, 6.45) is 1.55. The summed E-state index contributed by atoms with van der Waals surface area (Å²) in [6, 6.07) is 14.4. The standard InChI is InChI=1S/C14H12N6O/c21-13-7-2-1-4-11(13)9-15-16-12-6-3-5-10(8-12)14-17-19-20-18-14/h1-9,16,21H,(H,17,18,19,20)/b15-9-. The van der Waals surface area contributed by atoms with Crippen molar-refractivity contribution < 1.29 is 5.11 Å². The van der Waals surface area contributed by atoms with Crippen molar-refractivity contribution in [1.82, 2.24) is 20.6 Å². The number of benzene rings is 2. The highest BCUT2D eigenvalue weighted by Gasteiger charge is 2.02. The number of H-pyrrole nitrogens is 1. The van der Waals surface area contributed by atoms with Crippen LogP contribution < -0.4 is 5.43 Å². The van der Waals surface area contributed by atoms with Crippen molar-refractivity contribution >= 4 is 11.9 Å². The molecule has 0 saturated carbocycles. The Bertz CT molecular complexity index is 754. The van der Waals surface area contributed by atoms with Gasteiger partial charge in [-0.05, 0) is 29.5 Å². The number of nitrogens with zero attached hydrogens (tertiary/aromatic N) is 4. The summed E-state index contributed by atoms with van der Waals surface area (Å²) in [4.78, 5) is 0. The second-order valence-electron chi connectivity index (χ2n) is 4.25. The minimum absolute atomic E-state index is 0.184. The highest BCUT2D eigenvalue weighted by Crippen LogP contribution is 2.18. The summed E-state index contributed by atoms with van der Waals surface area (Å²) in [5.41, 5.74) is 5.14. The molecule has 0 fully saturated rings. The molecule has 0 radical (unpaired) electrons. The molecule has 7 nitrogen and oxygen atoms in total. The van der Waals surface area contributed by atoms with Gasteiger partial charge < -0.3 is 5.11 Å². The van der Waals surface area contributed by atoms with Gasteiger partial charge in [-0.25, -0.2) is 0 Å². The normalized spacial score (nSPS) is 10.9. The van der Waals surface area contributed by atoms with Crippen LogP contribution in [-0.4, -0.2) is 31.9 Å². The number of tetrazole rings is 1. The molecule has 0 unspecified atom stereocenters. The molecule has 3 rings (SSSR count). The molecule has 3 aromatic rings. The molecule has 0 aliphatic rings. The summed E-state index contributed by atoms with van der Waals surface area (Å²) in [5, 5.41) is 27.5. The summed E-state index contributed by atoms with van der Waals surface area (Å²) >= 11 is 0. The van der Waals surface area contributed by atoms with Gasteiger partial charge in [0.15, 0.2) is 0 Å². The quantitative estimate of drug-likeness (QED) is 0.501. The number of hydrazone groups is 1. The van der Waals surface area contributed by atoms with E-state index in [1.54, 1.807) is 24.4 Å². The number of para-hydroxylation sites is 1. The number of hydrogen-bond acceptors (Lipinski definition) is 6. The summed E-state index contributed by atoms with van der Waals surface area (Å²) in [6.45, 7) is 0. The minimum Gasteiger partial charge on any atom is -0.507 e. The second-order valence-corrected chi connectivity index (χ2v) is 4.25. The molecular weight excluding hydrogens is 268 g/mol. The average Bonchev–Trinajstić information content (AvgIpc) is 3.04. The Balaban J connectivity index is 1.74. The molecule has 21 heavy (non-hydrogen) atoms. The van der Waals surface area contributed by atoms with Crippen LogP contribution in [0.2, 0.25) is 0 Å². The topological polar surface area (TPSA) is 99.1 Å². The van der Waals surface area contributed by atoms with Gasteiger partial charge in [-0.2, -0.15) is 10.3 Å². The summed E-state index contributed by atoms with van der Waals surface area (Å²) in [7, 11) is 0. The Morgan fingerprint density at radius 1 is 1.14 bits per heavy atom. The number of hydrogen-bond donors (Lipinski definition) is 3. The van der Waals surface area contributed by atoms with Gasteiger partial charge in [-0.3, -0.25) is 5.43 Å². The minimum atomic E-state index is 0.184. The maximum Gasteiger partial charge on any atom is 0.204 e. The summed E-state index contributed by atoms with van der Waals surface area (Å²) in [5.74, 6) is 0.701. The maximum atomic E-state index is 9.63. The first kappa shape index (κ1) is 12.8. The van der Waals surface area contributed by atoms with Crippen molar-refractivity contribution in [3.05, 3.63) is 54.1 Å². The van der Waals surface area contributed by atoms with E-state index >= 15 is 0 Å². The van der Waals surface area contributed by atoms with Crippen molar-refractivity contribution in [1.29, 1.82) is 0 Å². The zero-order valence-electron chi connectivity index (χ0n) is 10.9. The molecule has 2 aromatic carbocycles. The molecule has 0 saturated heterocycles. The molecule has 0 aliphatic carbocycles. The Kier molecular flexibility index (Phi) is 3.55. The van der Waals surface area contributed by atoms with Crippen LogP contribution in [0.5, 0.6) is 5.75 Å². The van der Waals surface area contributed by atoms with Crippen molar-refractivity contribution in [2.45, 2.75) is 0 Å².